The number of nitrogens with one attached hydrogen (secondary N) is 1. The summed E-state index contributed by atoms with van der Waals surface area (Å²) in [7, 11) is 0. The highest BCUT2D eigenvalue weighted by Crippen LogP contribution is 2.42. The second kappa shape index (κ2) is 9.84. The molecule has 0 spiro atoms. The smallest absolute Gasteiger partial charge is 0.259 e. The Morgan fingerprint density at radius 2 is 1.61 bits per heavy atom. The fraction of sp³-hybridized carbons (Fsp3) is 0.500. The zero-order valence-corrected chi connectivity index (χ0v) is 18.2. The largest absolute Gasteiger partial charge is 0.508 e. The molecule has 2 fully saturated rings. The van der Waals surface area contributed by atoms with Gasteiger partial charge in [-0.1, -0.05) is 55.3 Å². The highest BCUT2D eigenvalue weighted by atomic mass is 16.3. The molecular weight excluding hydrogens is 388 g/mol. The van der Waals surface area contributed by atoms with Crippen LogP contribution in [-0.2, 0) is 16.8 Å². The van der Waals surface area contributed by atoms with Crippen molar-refractivity contribution in [3.63, 3.8) is 0 Å². The Balaban J connectivity index is 1.33. The van der Waals surface area contributed by atoms with Crippen LogP contribution in [0.25, 0.3) is 0 Å². The number of amides is 1. The van der Waals surface area contributed by atoms with Crippen LogP contribution in [0.5, 0.6) is 5.75 Å². The number of likely N-dealkylation sites (tertiary alicyclic amines) is 1. The number of aromatic hydroxyl groups is 1. The molecule has 5 heteroatoms. The third-order valence-electron chi connectivity index (χ3n) is 7.05. The van der Waals surface area contributed by atoms with E-state index in [1.165, 1.54) is 5.56 Å². The number of phenols is 1. The highest BCUT2D eigenvalue weighted by molar-refractivity contribution is 5.87. The van der Waals surface area contributed by atoms with E-state index in [1.54, 1.807) is 12.1 Å². The van der Waals surface area contributed by atoms with E-state index in [4.69, 9.17) is 0 Å². The van der Waals surface area contributed by atoms with Gasteiger partial charge >= 0.3 is 0 Å². The van der Waals surface area contributed by atoms with Gasteiger partial charge in [-0.15, -0.1) is 0 Å². The van der Waals surface area contributed by atoms with Gasteiger partial charge in [0.2, 0.25) is 0 Å². The topological polar surface area (TPSA) is 72.8 Å². The lowest BCUT2D eigenvalue weighted by Crippen LogP contribution is -2.54. The summed E-state index contributed by atoms with van der Waals surface area (Å²) in [4.78, 5) is 15.5. The lowest BCUT2D eigenvalue weighted by molar-refractivity contribution is -0.160. The number of carbonyl (C=O) groups excluding carboxylic acids is 1. The minimum Gasteiger partial charge on any atom is -0.508 e. The first-order valence-corrected chi connectivity index (χ1v) is 11.7. The average molecular weight is 423 g/mol. The number of carbonyl (C=O) groups is 1. The van der Waals surface area contributed by atoms with Crippen LogP contribution >= 0.6 is 0 Å². The molecule has 5 nitrogen and oxygen atoms in total. The number of piperidine rings is 1. The SMILES string of the molecule is O=C(N1CCC(NCCc2ccc(O)cc2)CC1)C(O)(c1ccccc1)C1CCCC1. The van der Waals surface area contributed by atoms with Crippen LogP contribution in [0.15, 0.2) is 54.6 Å². The average Bonchev–Trinajstić information content (AvgIpc) is 3.36. The summed E-state index contributed by atoms with van der Waals surface area (Å²) < 4.78 is 0. The monoisotopic (exact) mass is 422 g/mol. The fourth-order valence-electron chi connectivity index (χ4n) is 5.18. The van der Waals surface area contributed by atoms with E-state index >= 15 is 0 Å². The van der Waals surface area contributed by atoms with E-state index in [2.05, 4.69) is 5.32 Å². The summed E-state index contributed by atoms with van der Waals surface area (Å²) in [5.41, 5.74) is 0.528. The van der Waals surface area contributed by atoms with Gasteiger partial charge in [0.1, 0.15) is 5.75 Å². The quantitative estimate of drug-likeness (QED) is 0.638. The van der Waals surface area contributed by atoms with Crippen LogP contribution in [0.2, 0.25) is 0 Å². The first kappa shape index (κ1) is 21.8. The third kappa shape index (κ3) is 4.94. The van der Waals surface area contributed by atoms with Crippen LogP contribution in [-0.4, -0.2) is 46.7 Å². The molecule has 166 valence electrons. The number of phenolic OH excluding ortho intramolecular Hbond substituents is 1. The van der Waals surface area contributed by atoms with Crippen molar-refractivity contribution < 1.29 is 15.0 Å². The second-order valence-electron chi connectivity index (χ2n) is 9.05. The van der Waals surface area contributed by atoms with Crippen LogP contribution in [0, 0.1) is 5.92 Å². The van der Waals surface area contributed by atoms with Crippen molar-refractivity contribution in [3.05, 3.63) is 65.7 Å². The van der Waals surface area contributed by atoms with Crippen LogP contribution in [0.3, 0.4) is 0 Å². The first-order chi connectivity index (χ1) is 15.1. The molecule has 31 heavy (non-hydrogen) atoms. The molecule has 3 N–H and O–H groups in total. The zero-order chi connectivity index (χ0) is 21.7. The lowest BCUT2D eigenvalue weighted by atomic mass is 9.78. The Bertz CT molecular complexity index is 841. The summed E-state index contributed by atoms with van der Waals surface area (Å²) in [5.74, 6) is 0.179. The summed E-state index contributed by atoms with van der Waals surface area (Å²) in [6.07, 6.45) is 6.70. The van der Waals surface area contributed by atoms with Crippen LogP contribution in [0.1, 0.15) is 49.7 Å². The summed E-state index contributed by atoms with van der Waals surface area (Å²) >= 11 is 0. The van der Waals surface area contributed by atoms with E-state index in [0.29, 0.717) is 24.9 Å². The van der Waals surface area contributed by atoms with Crippen molar-refractivity contribution in [1.82, 2.24) is 10.2 Å². The minimum absolute atomic E-state index is 0.00329. The van der Waals surface area contributed by atoms with Crippen molar-refractivity contribution in [2.45, 2.75) is 56.6 Å². The maximum atomic E-state index is 13.6. The molecule has 1 aliphatic heterocycles. The molecule has 1 unspecified atom stereocenters. The lowest BCUT2D eigenvalue weighted by Gasteiger charge is -2.40. The Morgan fingerprint density at radius 1 is 0.968 bits per heavy atom. The van der Waals surface area contributed by atoms with Crippen LogP contribution < -0.4 is 5.32 Å². The Labute approximate surface area is 185 Å². The molecule has 0 radical (unpaired) electrons. The number of hydrogen-bond donors (Lipinski definition) is 3. The van der Waals surface area contributed by atoms with Crippen molar-refractivity contribution in [1.29, 1.82) is 0 Å². The van der Waals surface area contributed by atoms with Gasteiger partial charge in [-0.3, -0.25) is 4.79 Å². The molecule has 1 saturated heterocycles. The number of rotatable bonds is 7. The molecule has 1 saturated carbocycles. The van der Waals surface area contributed by atoms with Gasteiger partial charge in [0.25, 0.3) is 5.91 Å². The standard InChI is InChI=1S/C26H34N2O3/c29-24-12-10-20(11-13-24)14-17-27-23-15-18-28(19-16-23)25(30)26(31,22-8-4-5-9-22)21-6-2-1-3-7-21/h1-3,6-7,10-13,22-23,27,29,31H,4-5,8-9,14-19H2. The zero-order valence-electron chi connectivity index (χ0n) is 18.2. The van der Waals surface area contributed by atoms with E-state index in [1.807, 2.05) is 47.4 Å². The maximum absolute atomic E-state index is 13.6. The molecule has 1 aliphatic carbocycles. The minimum atomic E-state index is -1.41. The molecule has 0 aromatic heterocycles. The predicted molar refractivity (Wildman–Crippen MR) is 122 cm³/mol. The first-order valence-electron chi connectivity index (χ1n) is 11.7. The van der Waals surface area contributed by atoms with Gasteiger partial charge in [-0.05, 0) is 61.9 Å². The molecular formula is C26H34N2O3. The van der Waals surface area contributed by atoms with Gasteiger partial charge < -0.3 is 20.4 Å². The van der Waals surface area contributed by atoms with Crippen molar-refractivity contribution in [2.75, 3.05) is 19.6 Å². The van der Waals surface area contributed by atoms with Gasteiger partial charge in [0.15, 0.2) is 5.60 Å². The van der Waals surface area contributed by atoms with Gasteiger partial charge in [-0.25, -0.2) is 0 Å². The molecule has 4 rings (SSSR count). The van der Waals surface area contributed by atoms with Crippen LogP contribution in [0.4, 0.5) is 0 Å². The number of aliphatic hydroxyl groups is 1. The molecule has 1 heterocycles. The van der Waals surface area contributed by atoms with Gasteiger partial charge in [-0.2, -0.15) is 0 Å². The number of nitrogens with zero attached hydrogens (tertiary/aromatic N) is 1. The van der Waals surface area contributed by atoms with Gasteiger partial charge in [0.05, 0.1) is 0 Å². The van der Waals surface area contributed by atoms with E-state index in [0.717, 1.165) is 57.1 Å². The van der Waals surface area contributed by atoms with Crippen molar-refractivity contribution in [3.8, 4) is 5.75 Å². The van der Waals surface area contributed by atoms with E-state index in [9.17, 15) is 15.0 Å². The molecule has 2 aromatic rings. The second-order valence-corrected chi connectivity index (χ2v) is 9.05. The molecule has 2 aromatic carbocycles. The highest BCUT2D eigenvalue weighted by Gasteiger charge is 2.48. The predicted octanol–water partition coefficient (Wildman–Crippen LogP) is 3.59. The van der Waals surface area contributed by atoms with Crippen molar-refractivity contribution >= 4 is 5.91 Å². The summed E-state index contributed by atoms with van der Waals surface area (Å²) in [5, 5.41) is 24.7. The van der Waals surface area contributed by atoms with E-state index < -0.39 is 5.60 Å². The molecule has 0 bridgehead atoms. The Morgan fingerprint density at radius 3 is 2.26 bits per heavy atom. The number of hydrogen-bond acceptors (Lipinski definition) is 4. The summed E-state index contributed by atoms with van der Waals surface area (Å²) in [6, 6.07) is 17.3. The normalized spacial score (nSPS) is 20.0. The number of benzene rings is 2. The molecule has 1 atom stereocenters. The van der Waals surface area contributed by atoms with E-state index in [-0.39, 0.29) is 11.8 Å². The van der Waals surface area contributed by atoms with Crippen molar-refractivity contribution in [2.24, 2.45) is 5.92 Å². The summed E-state index contributed by atoms with van der Waals surface area (Å²) in [6.45, 7) is 2.23. The molecule has 1 amide bonds. The Hall–Kier alpha value is -2.37. The molecule has 2 aliphatic rings. The maximum Gasteiger partial charge on any atom is 0.259 e. The van der Waals surface area contributed by atoms with Gasteiger partial charge in [0, 0.05) is 25.0 Å². The Kier molecular flexibility index (Phi) is 6.93. The third-order valence-corrected chi connectivity index (χ3v) is 7.05. The fourth-order valence-corrected chi connectivity index (χ4v) is 5.18.